The fourth-order valence-corrected chi connectivity index (χ4v) is 2.68. The lowest BCUT2D eigenvalue weighted by molar-refractivity contribution is 0.352. The van der Waals surface area contributed by atoms with E-state index < -0.39 is 0 Å². The van der Waals surface area contributed by atoms with Crippen LogP contribution in [0.15, 0.2) is 52.7 Å². The highest BCUT2D eigenvalue weighted by atomic mass is 16.5. The molecule has 0 saturated carbocycles. The average Bonchev–Trinajstić information content (AvgIpc) is 2.73. The van der Waals surface area contributed by atoms with Crippen LogP contribution in [0, 0.1) is 0 Å². The normalized spacial score (nSPS) is 13.6. The minimum atomic E-state index is 0.690. The highest BCUT2D eigenvalue weighted by Crippen LogP contribution is 2.36. The maximum atomic E-state index is 5.59. The Morgan fingerprint density at radius 1 is 0.909 bits per heavy atom. The third-order valence-electron chi connectivity index (χ3n) is 3.70. The van der Waals surface area contributed by atoms with Crippen LogP contribution in [-0.2, 0) is 6.42 Å². The van der Waals surface area contributed by atoms with Gasteiger partial charge < -0.3 is 9.47 Å². The van der Waals surface area contributed by atoms with Crippen molar-refractivity contribution in [1.82, 2.24) is 0 Å². The lowest BCUT2D eigenvalue weighted by Crippen LogP contribution is -2.09. The van der Waals surface area contributed by atoms with Gasteiger partial charge in [-0.2, -0.15) is 5.10 Å². The molecule has 4 nitrogen and oxygen atoms in total. The lowest BCUT2D eigenvalue weighted by Gasteiger charge is -2.16. The van der Waals surface area contributed by atoms with Gasteiger partial charge in [0.2, 0.25) is 0 Å². The fourth-order valence-electron chi connectivity index (χ4n) is 2.68. The first-order valence-electron chi connectivity index (χ1n) is 7.15. The minimum absolute atomic E-state index is 0.690. The van der Waals surface area contributed by atoms with E-state index in [0.717, 1.165) is 39.6 Å². The van der Waals surface area contributed by atoms with E-state index in [1.807, 2.05) is 49.4 Å². The summed E-state index contributed by atoms with van der Waals surface area (Å²) in [5, 5.41) is 8.79. The Morgan fingerprint density at radius 2 is 1.68 bits per heavy atom. The SMILES string of the molecule is COc1ccc2c(c1OC)CC(C)=NN=C2c1ccccc1. The van der Waals surface area contributed by atoms with Crippen LogP contribution in [0.25, 0.3) is 0 Å². The molecule has 112 valence electrons. The smallest absolute Gasteiger partial charge is 0.164 e. The zero-order chi connectivity index (χ0) is 15.5. The van der Waals surface area contributed by atoms with Crippen molar-refractivity contribution in [2.75, 3.05) is 14.2 Å². The summed E-state index contributed by atoms with van der Waals surface area (Å²) in [5.74, 6) is 1.48. The second-order valence-corrected chi connectivity index (χ2v) is 5.15. The Morgan fingerprint density at radius 3 is 2.36 bits per heavy atom. The molecule has 2 aromatic carbocycles. The van der Waals surface area contributed by atoms with E-state index in [1.165, 1.54) is 0 Å². The summed E-state index contributed by atoms with van der Waals surface area (Å²) in [6, 6.07) is 14.0. The number of fused-ring (bicyclic) bond motifs is 1. The number of benzene rings is 2. The molecule has 0 atom stereocenters. The van der Waals surface area contributed by atoms with Crippen molar-refractivity contribution in [3.63, 3.8) is 0 Å². The number of hydrogen-bond acceptors (Lipinski definition) is 4. The van der Waals surface area contributed by atoms with Crippen LogP contribution in [0.1, 0.15) is 23.6 Å². The topological polar surface area (TPSA) is 43.2 Å². The molecule has 0 aromatic heterocycles. The first-order valence-corrected chi connectivity index (χ1v) is 7.15. The molecule has 4 heteroatoms. The summed E-state index contributed by atoms with van der Waals surface area (Å²) >= 11 is 0. The molecule has 3 rings (SSSR count). The van der Waals surface area contributed by atoms with E-state index >= 15 is 0 Å². The van der Waals surface area contributed by atoms with E-state index in [1.54, 1.807) is 14.2 Å². The first kappa shape index (κ1) is 14.3. The maximum absolute atomic E-state index is 5.59. The molecule has 1 heterocycles. The number of ether oxygens (including phenoxy) is 2. The highest BCUT2D eigenvalue weighted by Gasteiger charge is 2.21. The quantitative estimate of drug-likeness (QED) is 0.870. The summed E-state index contributed by atoms with van der Waals surface area (Å²) in [6.07, 6.45) is 0.690. The fraction of sp³-hybridized carbons (Fsp3) is 0.222. The summed E-state index contributed by atoms with van der Waals surface area (Å²) in [6.45, 7) is 1.97. The van der Waals surface area contributed by atoms with Gasteiger partial charge in [-0.25, -0.2) is 0 Å². The molecule has 0 fully saturated rings. The molecule has 1 aliphatic heterocycles. The summed E-state index contributed by atoms with van der Waals surface area (Å²) < 4.78 is 11.0. The Hall–Kier alpha value is -2.62. The van der Waals surface area contributed by atoms with Crippen molar-refractivity contribution in [2.45, 2.75) is 13.3 Å². The monoisotopic (exact) mass is 294 g/mol. The molecule has 0 unspecified atom stereocenters. The van der Waals surface area contributed by atoms with E-state index in [9.17, 15) is 0 Å². The summed E-state index contributed by atoms with van der Waals surface area (Å²) in [4.78, 5) is 0. The number of methoxy groups -OCH3 is 2. The third-order valence-corrected chi connectivity index (χ3v) is 3.70. The molecule has 0 saturated heterocycles. The molecule has 0 aliphatic carbocycles. The second kappa shape index (κ2) is 6.02. The molecule has 0 bridgehead atoms. The molecular weight excluding hydrogens is 276 g/mol. The van der Waals surface area contributed by atoms with Gasteiger partial charge in [0.05, 0.1) is 14.2 Å². The Bertz CT molecular complexity index is 749. The molecule has 22 heavy (non-hydrogen) atoms. The number of nitrogens with zero attached hydrogens (tertiary/aromatic N) is 2. The number of rotatable bonds is 3. The Kier molecular flexibility index (Phi) is 3.92. The second-order valence-electron chi connectivity index (χ2n) is 5.15. The summed E-state index contributed by atoms with van der Waals surface area (Å²) in [7, 11) is 3.31. The Labute approximate surface area is 130 Å². The van der Waals surface area contributed by atoms with Crippen molar-refractivity contribution in [2.24, 2.45) is 10.2 Å². The van der Waals surface area contributed by atoms with Crippen molar-refractivity contribution in [3.05, 3.63) is 59.2 Å². The standard InChI is InChI=1S/C18H18N2O2/c1-12-11-15-14(9-10-16(21-2)18(15)22-3)17(20-19-12)13-7-5-4-6-8-13/h4-10H,11H2,1-3H3. The molecule has 0 N–H and O–H groups in total. The van der Waals surface area contributed by atoms with Gasteiger partial charge in [0.15, 0.2) is 11.5 Å². The van der Waals surface area contributed by atoms with Gasteiger partial charge in [0.25, 0.3) is 0 Å². The van der Waals surface area contributed by atoms with Gasteiger partial charge in [-0.15, -0.1) is 5.10 Å². The predicted molar refractivity (Wildman–Crippen MR) is 88.4 cm³/mol. The van der Waals surface area contributed by atoms with Gasteiger partial charge in [0.1, 0.15) is 5.71 Å². The highest BCUT2D eigenvalue weighted by molar-refractivity contribution is 6.15. The van der Waals surface area contributed by atoms with Crippen molar-refractivity contribution < 1.29 is 9.47 Å². The van der Waals surface area contributed by atoms with Crippen LogP contribution in [0.2, 0.25) is 0 Å². The molecule has 0 amide bonds. The largest absolute Gasteiger partial charge is 0.493 e. The summed E-state index contributed by atoms with van der Waals surface area (Å²) in [5.41, 5.74) is 4.93. The lowest BCUT2D eigenvalue weighted by atomic mass is 9.94. The zero-order valence-corrected chi connectivity index (χ0v) is 13.0. The van der Waals surface area contributed by atoms with Crippen molar-refractivity contribution in [1.29, 1.82) is 0 Å². The van der Waals surface area contributed by atoms with Gasteiger partial charge in [-0.1, -0.05) is 30.3 Å². The first-order chi connectivity index (χ1) is 10.7. The van der Waals surface area contributed by atoms with Crippen molar-refractivity contribution in [3.8, 4) is 11.5 Å². The molecule has 0 spiro atoms. The van der Waals surface area contributed by atoms with E-state index in [-0.39, 0.29) is 0 Å². The van der Waals surface area contributed by atoms with Crippen molar-refractivity contribution >= 4 is 11.4 Å². The van der Waals surface area contributed by atoms with E-state index in [4.69, 9.17) is 9.47 Å². The third kappa shape index (κ3) is 2.48. The van der Waals surface area contributed by atoms with Gasteiger partial charge in [-0.05, 0) is 19.1 Å². The van der Waals surface area contributed by atoms with Crippen LogP contribution in [0.4, 0.5) is 0 Å². The zero-order valence-electron chi connectivity index (χ0n) is 13.0. The van der Waals surface area contributed by atoms with E-state index in [0.29, 0.717) is 6.42 Å². The van der Waals surface area contributed by atoms with Gasteiger partial charge in [0, 0.05) is 28.8 Å². The van der Waals surface area contributed by atoms with Crippen LogP contribution in [0.3, 0.4) is 0 Å². The van der Waals surface area contributed by atoms with E-state index in [2.05, 4.69) is 10.2 Å². The van der Waals surface area contributed by atoms with Crippen LogP contribution in [-0.4, -0.2) is 25.6 Å². The molecular formula is C18H18N2O2. The van der Waals surface area contributed by atoms with Gasteiger partial charge in [-0.3, -0.25) is 0 Å². The minimum Gasteiger partial charge on any atom is -0.493 e. The maximum Gasteiger partial charge on any atom is 0.164 e. The predicted octanol–water partition coefficient (Wildman–Crippen LogP) is 3.47. The Balaban J connectivity index is 2.24. The van der Waals surface area contributed by atoms with Crippen LogP contribution >= 0.6 is 0 Å². The van der Waals surface area contributed by atoms with Gasteiger partial charge >= 0.3 is 0 Å². The molecule has 2 aromatic rings. The van der Waals surface area contributed by atoms with Crippen LogP contribution < -0.4 is 9.47 Å². The molecule has 0 radical (unpaired) electrons. The molecule has 1 aliphatic rings. The average molecular weight is 294 g/mol. The number of hydrogen-bond donors (Lipinski definition) is 0. The van der Waals surface area contributed by atoms with Crippen LogP contribution in [0.5, 0.6) is 11.5 Å².